The summed E-state index contributed by atoms with van der Waals surface area (Å²) in [6.45, 7) is 0.680. The molecule has 16 heavy (non-hydrogen) atoms. The van der Waals surface area contributed by atoms with E-state index in [9.17, 15) is 4.21 Å². The summed E-state index contributed by atoms with van der Waals surface area (Å²) in [5, 5.41) is 3.24. The highest BCUT2D eigenvalue weighted by Gasteiger charge is 1.99. The van der Waals surface area contributed by atoms with Crippen LogP contribution in [0.3, 0.4) is 0 Å². The van der Waals surface area contributed by atoms with E-state index in [1.165, 1.54) is 0 Å². The van der Waals surface area contributed by atoms with Gasteiger partial charge in [0.1, 0.15) is 0 Å². The normalized spacial score (nSPS) is 12.3. The smallest absolute Gasteiger partial charge is 0.0922 e. The fourth-order valence-electron chi connectivity index (χ4n) is 1.36. The largest absolute Gasteiger partial charge is 0.379 e. The van der Waals surface area contributed by atoms with Crippen molar-refractivity contribution in [3.63, 3.8) is 0 Å². The van der Waals surface area contributed by atoms with Crippen LogP contribution in [0.1, 0.15) is 5.69 Å². The Balaban J connectivity index is 2.04. The van der Waals surface area contributed by atoms with Crippen molar-refractivity contribution in [2.45, 2.75) is 11.4 Å². The third-order valence-electron chi connectivity index (χ3n) is 2.20. The summed E-state index contributed by atoms with van der Waals surface area (Å²) in [5.74, 6) is 0. The fraction of sp³-hybridized carbons (Fsp3) is 0.182. The predicted molar refractivity (Wildman–Crippen MR) is 64.7 cm³/mol. The molecule has 5 heteroatoms. The number of anilines is 1. The highest BCUT2D eigenvalue weighted by atomic mass is 32.2. The van der Waals surface area contributed by atoms with Gasteiger partial charge in [0.05, 0.1) is 18.6 Å². The number of nitrogens with zero attached hydrogens (tertiary/aromatic N) is 1. The molecule has 1 aromatic carbocycles. The molecular formula is C11H13N3OS. The van der Waals surface area contributed by atoms with Gasteiger partial charge < -0.3 is 10.3 Å². The van der Waals surface area contributed by atoms with Crippen molar-refractivity contribution < 1.29 is 4.21 Å². The van der Waals surface area contributed by atoms with E-state index in [1.54, 1.807) is 18.8 Å². The van der Waals surface area contributed by atoms with E-state index in [4.69, 9.17) is 0 Å². The number of hydrogen-bond donors (Lipinski definition) is 2. The molecule has 0 bridgehead atoms. The molecule has 1 unspecified atom stereocenters. The average molecular weight is 235 g/mol. The van der Waals surface area contributed by atoms with Gasteiger partial charge in [0.25, 0.3) is 0 Å². The van der Waals surface area contributed by atoms with E-state index in [1.807, 2.05) is 24.3 Å². The maximum atomic E-state index is 11.3. The Hall–Kier alpha value is -1.62. The lowest BCUT2D eigenvalue weighted by Crippen LogP contribution is -2.00. The van der Waals surface area contributed by atoms with Gasteiger partial charge >= 0.3 is 0 Å². The van der Waals surface area contributed by atoms with E-state index in [2.05, 4.69) is 15.3 Å². The minimum atomic E-state index is -0.940. The lowest BCUT2D eigenvalue weighted by molar-refractivity contribution is 0.687. The third kappa shape index (κ3) is 2.70. The number of aromatic nitrogens is 2. The zero-order valence-electron chi connectivity index (χ0n) is 8.93. The summed E-state index contributed by atoms with van der Waals surface area (Å²) in [7, 11) is -0.940. The summed E-state index contributed by atoms with van der Waals surface area (Å²) < 4.78 is 11.3. The van der Waals surface area contributed by atoms with Crippen LogP contribution in [0.2, 0.25) is 0 Å². The molecule has 4 nitrogen and oxygen atoms in total. The molecule has 1 atom stereocenters. The van der Waals surface area contributed by atoms with Gasteiger partial charge in [-0.25, -0.2) is 4.98 Å². The average Bonchev–Trinajstić information content (AvgIpc) is 2.79. The Bertz CT molecular complexity index is 482. The standard InChI is InChI=1S/C11H13N3OS/c1-16(15)11-4-2-3-9(5-11)13-7-10-6-12-8-14-10/h2-6,8,13H,7H2,1H3,(H,12,14). The van der Waals surface area contributed by atoms with Gasteiger partial charge in [0.2, 0.25) is 0 Å². The summed E-state index contributed by atoms with van der Waals surface area (Å²) in [6.07, 6.45) is 5.09. The lowest BCUT2D eigenvalue weighted by Gasteiger charge is -2.05. The van der Waals surface area contributed by atoms with Crippen molar-refractivity contribution >= 4 is 16.5 Å². The van der Waals surface area contributed by atoms with Crippen LogP contribution in [0.25, 0.3) is 0 Å². The Morgan fingerprint density at radius 1 is 1.50 bits per heavy atom. The van der Waals surface area contributed by atoms with Crippen molar-refractivity contribution in [2.24, 2.45) is 0 Å². The van der Waals surface area contributed by atoms with Crippen molar-refractivity contribution in [1.29, 1.82) is 0 Å². The molecule has 0 aliphatic heterocycles. The molecule has 84 valence electrons. The monoisotopic (exact) mass is 235 g/mol. The molecule has 0 aliphatic carbocycles. The Kier molecular flexibility index (Phi) is 3.36. The molecule has 2 N–H and O–H groups in total. The molecule has 0 aliphatic rings. The van der Waals surface area contributed by atoms with Crippen molar-refractivity contribution in [3.05, 3.63) is 42.5 Å². The second kappa shape index (κ2) is 4.94. The summed E-state index contributed by atoms with van der Waals surface area (Å²) >= 11 is 0. The predicted octanol–water partition coefficient (Wildman–Crippen LogP) is 1.76. The topological polar surface area (TPSA) is 57.8 Å². The zero-order valence-corrected chi connectivity index (χ0v) is 9.75. The Labute approximate surface area is 96.6 Å². The highest BCUT2D eigenvalue weighted by Crippen LogP contribution is 2.13. The van der Waals surface area contributed by atoms with Crippen LogP contribution in [0.4, 0.5) is 5.69 Å². The van der Waals surface area contributed by atoms with Gasteiger partial charge in [-0.05, 0) is 18.2 Å². The van der Waals surface area contributed by atoms with Gasteiger partial charge in [-0.15, -0.1) is 0 Å². The van der Waals surface area contributed by atoms with Crippen LogP contribution in [0.15, 0.2) is 41.7 Å². The lowest BCUT2D eigenvalue weighted by atomic mass is 10.3. The van der Waals surface area contributed by atoms with Crippen molar-refractivity contribution in [1.82, 2.24) is 9.97 Å². The molecule has 1 heterocycles. The van der Waals surface area contributed by atoms with Crippen LogP contribution in [0.5, 0.6) is 0 Å². The van der Waals surface area contributed by atoms with Crippen LogP contribution < -0.4 is 5.32 Å². The quantitative estimate of drug-likeness (QED) is 0.849. The second-order valence-corrected chi connectivity index (χ2v) is 4.79. The van der Waals surface area contributed by atoms with E-state index < -0.39 is 10.8 Å². The first kappa shape index (κ1) is 10.9. The third-order valence-corrected chi connectivity index (χ3v) is 3.12. The molecule has 0 saturated carbocycles. The first-order valence-corrected chi connectivity index (χ1v) is 6.46. The molecule has 0 fully saturated rings. The highest BCUT2D eigenvalue weighted by molar-refractivity contribution is 7.84. The molecular weight excluding hydrogens is 222 g/mol. The van der Waals surface area contributed by atoms with Crippen LogP contribution in [-0.4, -0.2) is 20.4 Å². The summed E-state index contributed by atoms with van der Waals surface area (Å²) in [6, 6.07) is 7.60. The number of benzene rings is 1. The Morgan fingerprint density at radius 2 is 2.38 bits per heavy atom. The first-order valence-electron chi connectivity index (χ1n) is 4.90. The van der Waals surface area contributed by atoms with Gasteiger partial charge in [-0.3, -0.25) is 4.21 Å². The summed E-state index contributed by atoms with van der Waals surface area (Å²) in [4.78, 5) is 7.78. The number of rotatable bonds is 4. The van der Waals surface area contributed by atoms with Crippen molar-refractivity contribution in [3.8, 4) is 0 Å². The fourth-order valence-corrected chi connectivity index (χ4v) is 1.93. The molecule has 0 amide bonds. The minimum absolute atomic E-state index is 0.680. The number of hydrogen-bond acceptors (Lipinski definition) is 3. The zero-order chi connectivity index (χ0) is 11.4. The number of nitrogens with one attached hydrogen (secondary N) is 2. The SMILES string of the molecule is CS(=O)c1cccc(NCc2cnc[nH]2)c1. The maximum Gasteiger partial charge on any atom is 0.0922 e. The maximum absolute atomic E-state index is 11.3. The van der Waals surface area contributed by atoms with E-state index in [0.717, 1.165) is 16.3 Å². The van der Waals surface area contributed by atoms with Crippen LogP contribution in [0, 0.1) is 0 Å². The Morgan fingerprint density at radius 3 is 3.06 bits per heavy atom. The number of aromatic amines is 1. The van der Waals surface area contributed by atoms with Gasteiger partial charge in [-0.2, -0.15) is 0 Å². The summed E-state index contributed by atoms with van der Waals surface area (Å²) in [5.41, 5.74) is 1.98. The minimum Gasteiger partial charge on any atom is -0.379 e. The molecule has 1 aromatic heterocycles. The molecule has 0 radical (unpaired) electrons. The first-order chi connectivity index (χ1) is 7.75. The van der Waals surface area contributed by atoms with Crippen LogP contribution >= 0.6 is 0 Å². The molecule has 2 aromatic rings. The number of imidazole rings is 1. The van der Waals surface area contributed by atoms with Crippen LogP contribution in [-0.2, 0) is 17.3 Å². The van der Waals surface area contributed by atoms with Gasteiger partial charge in [-0.1, -0.05) is 6.07 Å². The van der Waals surface area contributed by atoms with Crippen molar-refractivity contribution in [2.75, 3.05) is 11.6 Å². The van der Waals surface area contributed by atoms with Gasteiger partial charge in [0.15, 0.2) is 0 Å². The second-order valence-electron chi connectivity index (χ2n) is 3.41. The molecule has 0 spiro atoms. The molecule has 2 rings (SSSR count). The van der Waals surface area contributed by atoms with E-state index in [-0.39, 0.29) is 0 Å². The van der Waals surface area contributed by atoms with Gasteiger partial charge in [0, 0.05) is 33.8 Å². The molecule has 0 saturated heterocycles. The number of H-pyrrole nitrogens is 1. The van der Waals surface area contributed by atoms with E-state index in [0.29, 0.717) is 6.54 Å². The van der Waals surface area contributed by atoms with E-state index >= 15 is 0 Å².